The molecule has 25 heavy (non-hydrogen) atoms. The third kappa shape index (κ3) is 3.21. The van der Waals surface area contributed by atoms with E-state index in [9.17, 15) is 8.42 Å². The molecule has 6 nitrogen and oxygen atoms in total. The van der Waals surface area contributed by atoms with E-state index in [0.717, 1.165) is 18.4 Å². The molecule has 0 atom stereocenters. The molecule has 0 radical (unpaired) electrons. The van der Waals surface area contributed by atoms with E-state index < -0.39 is 10.0 Å². The number of halogens is 1. The average Bonchev–Trinajstić information content (AvgIpc) is 3.28. The van der Waals surface area contributed by atoms with Crippen LogP contribution in [0.5, 0.6) is 0 Å². The van der Waals surface area contributed by atoms with Crippen LogP contribution in [0.1, 0.15) is 24.1 Å². The number of nitrogens with one attached hydrogen (secondary N) is 1. The minimum atomic E-state index is -3.63. The molecule has 1 fully saturated rings. The van der Waals surface area contributed by atoms with E-state index in [1.165, 1.54) is 3.97 Å². The number of hydrogen-bond donors (Lipinski definition) is 1. The van der Waals surface area contributed by atoms with E-state index in [4.69, 9.17) is 11.6 Å². The maximum Gasteiger partial charge on any atom is 0.244 e. The highest BCUT2D eigenvalue weighted by Gasteiger charge is 2.26. The largest absolute Gasteiger partial charge is 0.367 e. The first-order valence-electron chi connectivity index (χ1n) is 8.03. The number of anilines is 1. The second kappa shape index (κ2) is 6.00. The summed E-state index contributed by atoms with van der Waals surface area (Å²) in [6, 6.07) is 11.2. The fraction of sp³-hybridized carbons (Fsp3) is 0.294. The quantitative estimate of drug-likeness (QED) is 0.691. The second-order valence-electron chi connectivity index (χ2n) is 6.29. The van der Waals surface area contributed by atoms with Crippen LogP contribution in [0.15, 0.2) is 36.4 Å². The molecule has 1 aliphatic rings. The summed E-state index contributed by atoms with van der Waals surface area (Å²) in [4.78, 5) is 8.43. The summed E-state index contributed by atoms with van der Waals surface area (Å²) in [5.74, 6) is 0.486. The smallest absolute Gasteiger partial charge is 0.244 e. The summed E-state index contributed by atoms with van der Waals surface area (Å²) in [7, 11) is -3.63. The Kier molecular flexibility index (Phi) is 3.92. The number of fused-ring (bicyclic) bond motifs is 1. The van der Waals surface area contributed by atoms with E-state index in [-0.39, 0.29) is 11.0 Å². The molecule has 1 N–H and O–H groups in total. The molecule has 0 saturated heterocycles. The first-order chi connectivity index (χ1) is 11.9. The van der Waals surface area contributed by atoms with E-state index in [0.29, 0.717) is 28.6 Å². The van der Waals surface area contributed by atoms with Crippen molar-refractivity contribution in [2.24, 2.45) is 0 Å². The van der Waals surface area contributed by atoms with E-state index in [1.807, 2.05) is 18.2 Å². The number of nitrogens with zero attached hydrogens (tertiary/aromatic N) is 3. The van der Waals surface area contributed by atoms with Crippen LogP contribution in [0.2, 0.25) is 5.28 Å². The monoisotopic (exact) mass is 376 g/mol. The van der Waals surface area contributed by atoms with Gasteiger partial charge in [-0.05, 0) is 43.0 Å². The minimum Gasteiger partial charge on any atom is -0.367 e. The SMILES string of the molecule is Cc1cc2c(NC3CC3)nc(Cl)nc2n1S(=O)(=O)Cc1ccccc1. The number of rotatable bonds is 5. The molecule has 1 aliphatic carbocycles. The van der Waals surface area contributed by atoms with Gasteiger partial charge < -0.3 is 5.32 Å². The van der Waals surface area contributed by atoms with Gasteiger partial charge in [0.15, 0.2) is 5.65 Å². The normalized spacial score (nSPS) is 14.8. The molecular formula is C17H17ClN4O2S. The van der Waals surface area contributed by atoms with Crippen molar-refractivity contribution in [1.29, 1.82) is 0 Å². The maximum atomic E-state index is 13.0. The molecule has 1 aromatic carbocycles. The van der Waals surface area contributed by atoms with Gasteiger partial charge in [-0.1, -0.05) is 30.3 Å². The summed E-state index contributed by atoms with van der Waals surface area (Å²) < 4.78 is 27.3. The van der Waals surface area contributed by atoms with Crippen molar-refractivity contribution < 1.29 is 8.42 Å². The van der Waals surface area contributed by atoms with Gasteiger partial charge in [-0.3, -0.25) is 0 Å². The average molecular weight is 377 g/mol. The molecule has 3 aromatic rings. The van der Waals surface area contributed by atoms with Crippen LogP contribution in [-0.4, -0.2) is 28.4 Å². The highest BCUT2D eigenvalue weighted by Crippen LogP contribution is 2.31. The fourth-order valence-electron chi connectivity index (χ4n) is 2.88. The topological polar surface area (TPSA) is 76.9 Å². The molecule has 2 heterocycles. The third-order valence-electron chi connectivity index (χ3n) is 4.15. The lowest BCUT2D eigenvalue weighted by molar-refractivity contribution is 0.587. The van der Waals surface area contributed by atoms with Gasteiger partial charge in [-0.25, -0.2) is 17.4 Å². The summed E-state index contributed by atoms with van der Waals surface area (Å²) in [5, 5.41) is 4.00. The van der Waals surface area contributed by atoms with Crippen molar-refractivity contribution in [2.45, 2.75) is 31.6 Å². The first-order valence-corrected chi connectivity index (χ1v) is 10.0. The van der Waals surface area contributed by atoms with Crippen molar-refractivity contribution >= 4 is 38.5 Å². The lowest BCUT2D eigenvalue weighted by Crippen LogP contribution is -2.17. The molecule has 0 spiro atoms. The molecule has 0 unspecified atom stereocenters. The Balaban J connectivity index is 1.83. The van der Waals surface area contributed by atoms with Gasteiger partial charge in [0, 0.05) is 11.7 Å². The van der Waals surface area contributed by atoms with Crippen LogP contribution in [0.3, 0.4) is 0 Å². The van der Waals surface area contributed by atoms with Gasteiger partial charge >= 0.3 is 0 Å². The first kappa shape index (κ1) is 16.4. The fourth-order valence-corrected chi connectivity index (χ4v) is 4.69. The zero-order valence-corrected chi connectivity index (χ0v) is 15.2. The van der Waals surface area contributed by atoms with Gasteiger partial charge in [-0.2, -0.15) is 4.98 Å². The van der Waals surface area contributed by atoms with Crippen molar-refractivity contribution in [1.82, 2.24) is 13.9 Å². The molecule has 8 heteroatoms. The summed E-state index contributed by atoms with van der Waals surface area (Å²) >= 11 is 6.05. The Hall–Kier alpha value is -2.12. The molecule has 0 amide bonds. The zero-order chi connectivity index (χ0) is 17.6. The van der Waals surface area contributed by atoms with Crippen LogP contribution in [0.25, 0.3) is 11.0 Å². The predicted molar refractivity (Wildman–Crippen MR) is 98.4 cm³/mol. The van der Waals surface area contributed by atoms with E-state index >= 15 is 0 Å². The van der Waals surface area contributed by atoms with Gasteiger partial charge in [0.05, 0.1) is 11.1 Å². The van der Waals surface area contributed by atoms with Gasteiger partial charge in [0.1, 0.15) is 5.82 Å². The van der Waals surface area contributed by atoms with Gasteiger partial charge in [0.2, 0.25) is 15.3 Å². The highest BCUT2D eigenvalue weighted by molar-refractivity contribution is 7.89. The standard InChI is InChI=1S/C17H17ClN4O2S/c1-11-9-14-15(19-13-7-8-13)20-17(18)21-16(14)22(11)25(23,24)10-12-5-3-2-4-6-12/h2-6,9,13H,7-8,10H2,1H3,(H,19,20,21). The molecule has 4 rings (SSSR count). The Morgan fingerprint density at radius 1 is 1.24 bits per heavy atom. The molecule has 0 aliphatic heterocycles. The molecule has 130 valence electrons. The third-order valence-corrected chi connectivity index (χ3v) is 6.04. The summed E-state index contributed by atoms with van der Waals surface area (Å²) in [6.07, 6.45) is 2.16. The Bertz CT molecular complexity index is 1040. The van der Waals surface area contributed by atoms with Crippen molar-refractivity contribution in [3.05, 3.63) is 52.9 Å². The number of aromatic nitrogens is 3. The van der Waals surface area contributed by atoms with Crippen LogP contribution in [0.4, 0.5) is 5.82 Å². The maximum absolute atomic E-state index is 13.0. The molecule has 1 saturated carbocycles. The Labute approximate surface area is 150 Å². The summed E-state index contributed by atoms with van der Waals surface area (Å²) in [5.41, 5.74) is 1.62. The zero-order valence-electron chi connectivity index (χ0n) is 13.6. The van der Waals surface area contributed by atoms with Crippen LogP contribution >= 0.6 is 11.6 Å². The predicted octanol–water partition coefficient (Wildman–Crippen LogP) is 3.35. The van der Waals surface area contributed by atoms with Gasteiger partial charge in [0.25, 0.3) is 0 Å². The second-order valence-corrected chi connectivity index (χ2v) is 8.44. The van der Waals surface area contributed by atoms with Crippen LogP contribution in [-0.2, 0) is 15.8 Å². The van der Waals surface area contributed by atoms with Crippen LogP contribution in [0, 0.1) is 6.92 Å². The Morgan fingerprint density at radius 2 is 1.96 bits per heavy atom. The lowest BCUT2D eigenvalue weighted by atomic mass is 10.2. The van der Waals surface area contributed by atoms with Crippen molar-refractivity contribution in [3.63, 3.8) is 0 Å². The minimum absolute atomic E-state index is 0.0323. The Morgan fingerprint density at radius 3 is 2.64 bits per heavy atom. The summed E-state index contributed by atoms with van der Waals surface area (Å²) in [6.45, 7) is 1.75. The van der Waals surface area contributed by atoms with Crippen LogP contribution < -0.4 is 5.32 Å². The van der Waals surface area contributed by atoms with Crippen molar-refractivity contribution in [2.75, 3.05) is 5.32 Å². The lowest BCUT2D eigenvalue weighted by Gasteiger charge is -2.10. The number of hydrogen-bond acceptors (Lipinski definition) is 5. The number of benzene rings is 1. The number of aryl methyl sites for hydroxylation is 1. The van der Waals surface area contributed by atoms with Crippen molar-refractivity contribution in [3.8, 4) is 0 Å². The van der Waals surface area contributed by atoms with E-state index in [2.05, 4.69) is 15.3 Å². The molecule has 2 aromatic heterocycles. The molecule has 0 bridgehead atoms. The van der Waals surface area contributed by atoms with E-state index in [1.54, 1.807) is 25.1 Å². The highest BCUT2D eigenvalue weighted by atomic mass is 35.5. The molecular weight excluding hydrogens is 360 g/mol. The van der Waals surface area contributed by atoms with Gasteiger partial charge in [-0.15, -0.1) is 0 Å².